The minimum atomic E-state index is 0. The fourth-order valence-electron chi connectivity index (χ4n) is 2.33. The van der Waals surface area contributed by atoms with E-state index in [1.165, 1.54) is 6.33 Å². The Balaban J connectivity index is 0.00000180. The lowest BCUT2D eigenvalue weighted by Gasteiger charge is -2.31. The molecule has 1 aliphatic rings. The number of rotatable bonds is 2. The highest BCUT2D eigenvalue weighted by atomic mass is 35.5. The molecular weight excluding hydrogens is 264 g/mol. The number of hydrogen-bond acceptors (Lipinski definition) is 4. The summed E-state index contributed by atoms with van der Waals surface area (Å²) in [6, 6.07) is 0.0924. The number of carbonyl (C=O) groups is 1. The SMILES string of the molecule is CC(C)c1ncncc1C(=O)N1CCCC(N)C1.Cl. The highest BCUT2D eigenvalue weighted by Gasteiger charge is 2.25. The number of aromatic nitrogens is 2. The van der Waals surface area contributed by atoms with Crippen LogP contribution in [0.25, 0.3) is 0 Å². The Morgan fingerprint density at radius 2 is 2.26 bits per heavy atom. The zero-order chi connectivity index (χ0) is 13.1. The molecule has 1 fully saturated rings. The van der Waals surface area contributed by atoms with Crippen LogP contribution in [0, 0.1) is 0 Å². The molecule has 6 heteroatoms. The predicted octanol–water partition coefficient (Wildman–Crippen LogP) is 1.59. The summed E-state index contributed by atoms with van der Waals surface area (Å²) >= 11 is 0. The molecular formula is C13H21ClN4O. The highest BCUT2D eigenvalue weighted by Crippen LogP contribution is 2.19. The lowest BCUT2D eigenvalue weighted by atomic mass is 10.0. The highest BCUT2D eigenvalue weighted by molar-refractivity contribution is 5.95. The number of hydrogen-bond donors (Lipinski definition) is 1. The lowest BCUT2D eigenvalue weighted by molar-refractivity contribution is 0.0706. The van der Waals surface area contributed by atoms with Gasteiger partial charge in [0, 0.05) is 25.3 Å². The molecule has 0 bridgehead atoms. The smallest absolute Gasteiger partial charge is 0.257 e. The Hall–Kier alpha value is -1.20. The van der Waals surface area contributed by atoms with E-state index in [1.807, 2.05) is 18.7 Å². The van der Waals surface area contributed by atoms with Crippen molar-refractivity contribution >= 4 is 18.3 Å². The van der Waals surface area contributed by atoms with Crippen LogP contribution in [-0.2, 0) is 0 Å². The molecule has 1 aliphatic heterocycles. The molecule has 5 nitrogen and oxygen atoms in total. The number of nitrogens with zero attached hydrogens (tertiary/aromatic N) is 3. The second kappa shape index (κ2) is 6.82. The lowest BCUT2D eigenvalue weighted by Crippen LogP contribution is -2.46. The Labute approximate surface area is 120 Å². The van der Waals surface area contributed by atoms with E-state index in [4.69, 9.17) is 5.73 Å². The van der Waals surface area contributed by atoms with E-state index in [0.717, 1.165) is 25.1 Å². The second-order valence-electron chi connectivity index (χ2n) is 5.13. The summed E-state index contributed by atoms with van der Waals surface area (Å²) < 4.78 is 0. The van der Waals surface area contributed by atoms with Crippen LogP contribution in [0.2, 0.25) is 0 Å². The molecule has 0 radical (unpaired) electrons. The molecule has 1 unspecified atom stereocenters. The van der Waals surface area contributed by atoms with Crippen molar-refractivity contribution in [3.8, 4) is 0 Å². The molecule has 1 saturated heterocycles. The first kappa shape index (κ1) is 15.9. The number of halogens is 1. The van der Waals surface area contributed by atoms with Crippen molar-refractivity contribution in [2.45, 2.75) is 38.6 Å². The summed E-state index contributed by atoms with van der Waals surface area (Å²) in [7, 11) is 0. The Kier molecular flexibility index (Phi) is 5.69. The van der Waals surface area contributed by atoms with E-state index in [0.29, 0.717) is 12.1 Å². The van der Waals surface area contributed by atoms with Crippen molar-refractivity contribution in [2.24, 2.45) is 5.73 Å². The average Bonchev–Trinajstić information content (AvgIpc) is 2.38. The van der Waals surface area contributed by atoms with Crippen molar-refractivity contribution in [1.82, 2.24) is 14.9 Å². The van der Waals surface area contributed by atoms with Crippen LogP contribution >= 0.6 is 12.4 Å². The zero-order valence-corrected chi connectivity index (χ0v) is 12.2. The van der Waals surface area contributed by atoms with Crippen molar-refractivity contribution in [1.29, 1.82) is 0 Å². The molecule has 106 valence electrons. The fourth-order valence-corrected chi connectivity index (χ4v) is 2.33. The fraction of sp³-hybridized carbons (Fsp3) is 0.615. The average molecular weight is 285 g/mol. The van der Waals surface area contributed by atoms with Gasteiger partial charge in [0.15, 0.2) is 0 Å². The maximum Gasteiger partial charge on any atom is 0.257 e. The van der Waals surface area contributed by atoms with Crippen molar-refractivity contribution in [3.05, 3.63) is 23.8 Å². The van der Waals surface area contributed by atoms with Crippen molar-refractivity contribution < 1.29 is 4.79 Å². The normalized spacial score (nSPS) is 19.2. The Bertz CT molecular complexity index is 438. The van der Waals surface area contributed by atoms with Gasteiger partial charge in [-0.3, -0.25) is 4.79 Å². The van der Waals surface area contributed by atoms with Crippen LogP contribution in [0.3, 0.4) is 0 Å². The molecule has 0 saturated carbocycles. The molecule has 1 aromatic rings. The summed E-state index contributed by atoms with van der Waals surface area (Å²) in [6.07, 6.45) is 5.07. The number of likely N-dealkylation sites (tertiary alicyclic amines) is 1. The molecule has 19 heavy (non-hydrogen) atoms. The van der Waals surface area contributed by atoms with Crippen LogP contribution in [0.4, 0.5) is 0 Å². The number of nitrogens with two attached hydrogens (primary N) is 1. The maximum atomic E-state index is 12.5. The van der Waals surface area contributed by atoms with Gasteiger partial charge in [0.05, 0.1) is 11.3 Å². The van der Waals surface area contributed by atoms with Gasteiger partial charge in [-0.25, -0.2) is 9.97 Å². The summed E-state index contributed by atoms with van der Waals surface area (Å²) in [4.78, 5) is 22.5. The second-order valence-corrected chi connectivity index (χ2v) is 5.13. The number of piperidine rings is 1. The van der Waals surface area contributed by atoms with Gasteiger partial charge in [0.2, 0.25) is 0 Å². The third-order valence-electron chi connectivity index (χ3n) is 3.27. The van der Waals surface area contributed by atoms with Gasteiger partial charge < -0.3 is 10.6 Å². The Morgan fingerprint density at radius 1 is 1.53 bits per heavy atom. The molecule has 0 aromatic carbocycles. The molecule has 1 aromatic heterocycles. The molecule has 0 aliphatic carbocycles. The van der Waals surface area contributed by atoms with E-state index >= 15 is 0 Å². The molecule has 2 N–H and O–H groups in total. The van der Waals surface area contributed by atoms with Crippen LogP contribution in [0.1, 0.15) is 48.7 Å². The molecule has 2 rings (SSSR count). The zero-order valence-electron chi connectivity index (χ0n) is 11.4. The van der Waals surface area contributed by atoms with Gasteiger partial charge in [-0.1, -0.05) is 13.8 Å². The largest absolute Gasteiger partial charge is 0.337 e. The van der Waals surface area contributed by atoms with Crippen molar-refractivity contribution in [2.75, 3.05) is 13.1 Å². The summed E-state index contributed by atoms with van der Waals surface area (Å²) in [5, 5.41) is 0. The van der Waals surface area contributed by atoms with Gasteiger partial charge >= 0.3 is 0 Å². The summed E-state index contributed by atoms with van der Waals surface area (Å²) in [6.45, 7) is 5.46. The van der Waals surface area contributed by atoms with E-state index < -0.39 is 0 Å². The first-order valence-electron chi connectivity index (χ1n) is 6.44. The van der Waals surface area contributed by atoms with Gasteiger partial charge in [-0.2, -0.15) is 0 Å². The van der Waals surface area contributed by atoms with Gasteiger partial charge in [-0.15, -0.1) is 12.4 Å². The number of amides is 1. The van der Waals surface area contributed by atoms with Crippen LogP contribution in [-0.4, -0.2) is 39.9 Å². The third-order valence-corrected chi connectivity index (χ3v) is 3.27. The monoisotopic (exact) mass is 284 g/mol. The number of carbonyl (C=O) groups excluding carboxylic acids is 1. The van der Waals surface area contributed by atoms with Crippen LogP contribution in [0.5, 0.6) is 0 Å². The quantitative estimate of drug-likeness (QED) is 0.895. The molecule has 2 heterocycles. The molecule has 1 atom stereocenters. The van der Waals surface area contributed by atoms with Gasteiger partial charge in [-0.05, 0) is 18.8 Å². The van der Waals surface area contributed by atoms with Crippen molar-refractivity contribution in [3.63, 3.8) is 0 Å². The first-order chi connectivity index (χ1) is 8.59. The third kappa shape index (κ3) is 3.64. The van der Waals surface area contributed by atoms with Gasteiger partial charge in [0.25, 0.3) is 5.91 Å². The maximum absolute atomic E-state index is 12.5. The summed E-state index contributed by atoms with van der Waals surface area (Å²) in [5.41, 5.74) is 7.34. The topological polar surface area (TPSA) is 72.1 Å². The molecule has 1 amide bonds. The van der Waals surface area contributed by atoms with E-state index in [-0.39, 0.29) is 30.3 Å². The standard InChI is InChI=1S/C13H20N4O.ClH/c1-9(2)12-11(6-15-8-16-12)13(18)17-5-3-4-10(14)7-17;/h6,8-10H,3-5,7,14H2,1-2H3;1H. The van der Waals surface area contributed by atoms with E-state index in [2.05, 4.69) is 9.97 Å². The van der Waals surface area contributed by atoms with Crippen LogP contribution < -0.4 is 5.73 Å². The Morgan fingerprint density at radius 3 is 2.89 bits per heavy atom. The minimum absolute atomic E-state index is 0. The predicted molar refractivity (Wildman–Crippen MR) is 76.5 cm³/mol. The summed E-state index contributed by atoms with van der Waals surface area (Å²) in [5.74, 6) is 0.222. The minimum Gasteiger partial charge on any atom is -0.337 e. The molecule has 0 spiro atoms. The van der Waals surface area contributed by atoms with E-state index in [9.17, 15) is 4.79 Å². The van der Waals surface area contributed by atoms with Crippen LogP contribution in [0.15, 0.2) is 12.5 Å². The van der Waals surface area contributed by atoms with Gasteiger partial charge in [0.1, 0.15) is 6.33 Å². The van der Waals surface area contributed by atoms with E-state index in [1.54, 1.807) is 6.20 Å². The first-order valence-corrected chi connectivity index (χ1v) is 6.44.